The lowest BCUT2D eigenvalue weighted by molar-refractivity contribution is 0.0971. The van der Waals surface area contributed by atoms with E-state index in [0.29, 0.717) is 5.56 Å². The van der Waals surface area contributed by atoms with Crippen molar-refractivity contribution >= 4 is 0 Å². The van der Waals surface area contributed by atoms with E-state index in [0.717, 1.165) is 12.1 Å². The van der Waals surface area contributed by atoms with Crippen molar-refractivity contribution in [2.75, 3.05) is 0 Å². The second-order valence-electron chi connectivity index (χ2n) is 3.71. The van der Waals surface area contributed by atoms with Crippen LogP contribution in [0.15, 0.2) is 41.2 Å². The van der Waals surface area contributed by atoms with Crippen molar-refractivity contribution < 1.29 is 18.3 Å². The molecule has 4 heteroatoms. The number of rotatable bonds is 2. The van der Waals surface area contributed by atoms with Crippen LogP contribution in [0, 0.1) is 11.6 Å². The summed E-state index contributed by atoms with van der Waals surface area (Å²) in [6.45, 7) is 1.42. The van der Waals surface area contributed by atoms with Crippen molar-refractivity contribution in [3.8, 4) is 0 Å². The Kier molecular flexibility index (Phi) is 2.52. The number of furan rings is 1. The Balaban J connectivity index is 2.51. The Morgan fingerprint density at radius 1 is 1.25 bits per heavy atom. The summed E-state index contributed by atoms with van der Waals surface area (Å²) in [5.74, 6) is -1.46. The van der Waals surface area contributed by atoms with E-state index in [-0.39, 0.29) is 5.56 Å². The summed E-state index contributed by atoms with van der Waals surface area (Å²) in [6, 6.07) is 4.59. The Morgan fingerprint density at radius 2 is 2.00 bits per heavy atom. The molecule has 2 rings (SSSR count). The van der Waals surface area contributed by atoms with Gasteiger partial charge in [-0.3, -0.25) is 0 Å². The molecular formula is C12H10F2O2. The lowest BCUT2D eigenvalue weighted by atomic mass is 9.90. The summed E-state index contributed by atoms with van der Waals surface area (Å²) in [7, 11) is 0. The molecule has 1 atom stereocenters. The van der Waals surface area contributed by atoms with Gasteiger partial charge in [0.2, 0.25) is 0 Å². The first-order chi connectivity index (χ1) is 7.51. The van der Waals surface area contributed by atoms with Crippen LogP contribution < -0.4 is 0 Å². The molecule has 0 amide bonds. The normalized spacial score (nSPS) is 14.8. The van der Waals surface area contributed by atoms with Crippen molar-refractivity contribution in [1.82, 2.24) is 0 Å². The highest BCUT2D eigenvalue weighted by Crippen LogP contribution is 2.31. The van der Waals surface area contributed by atoms with Crippen molar-refractivity contribution in [1.29, 1.82) is 0 Å². The molecule has 0 aliphatic carbocycles. The Bertz CT molecular complexity index is 490. The molecule has 2 aromatic rings. The highest BCUT2D eigenvalue weighted by atomic mass is 19.1. The van der Waals surface area contributed by atoms with Crippen LogP contribution in [0.3, 0.4) is 0 Å². The van der Waals surface area contributed by atoms with E-state index in [1.807, 2.05) is 0 Å². The summed E-state index contributed by atoms with van der Waals surface area (Å²) in [6.07, 6.45) is 2.70. The van der Waals surface area contributed by atoms with Crippen LogP contribution in [-0.2, 0) is 5.60 Å². The van der Waals surface area contributed by atoms with Crippen LogP contribution >= 0.6 is 0 Å². The smallest absolute Gasteiger partial charge is 0.132 e. The minimum Gasteiger partial charge on any atom is -0.472 e. The number of benzene rings is 1. The molecule has 16 heavy (non-hydrogen) atoms. The molecule has 1 unspecified atom stereocenters. The van der Waals surface area contributed by atoms with Crippen LogP contribution in [0.2, 0.25) is 0 Å². The third kappa shape index (κ3) is 1.72. The molecule has 2 nitrogen and oxygen atoms in total. The maximum atomic E-state index is 13.5. The van der Waals surface area contributed by atoms with Crippen molar-refractivity contribution in [3.63, 3.8) is 0 Å². The van der Waals surface area contributed by atoms with Gasteiger partial charge in [-0.25, -0.2) is 8.78 Å². The predicted octanol–water partition coefficient (Wildman–Crippen LogP) is 2.81. The molecule has 1 N–H and O–H groups in total. The molecule has 0 radical (unpaired) electrons. The van der Waals surface area contributed by atoms with E-state index in [1.54, 1.807) is 0 Å². The van der Waals surface area contributed by atoms with Gasteiger partial charge in [-0.2, -0.15) is 0 Å². The SMILES string of the molecule is CC(O)(c1ccoc1)c1ccc(F)cc1F. The van der Waals surface area contributed by atoms with E-state index >= 15 is 0 Å². The van der Waals surface area contributed by atoms with Gasteiger partial charge in [-0.15, -0.1) is 0 Å². The van der Waals surface area contributed by atoms with E-state index < -0.39 is 17.2 Å². The minimum atomic E-state index is -1.54. The van der Waals surface area contributed by atoms with Gasteiger partial charge in [-0.1, -0.05) is 0 Å². The minimum absolute atomic E-state index is 0.00954. The highest BCUT2D eigenvalue weighted by Gasteiger charge is 2.29. The van der Waals surface area contributed by atoms with Crippen LogP contribution in [0.4, 0.5) is 8.78 Å². The van der Waals surface area contributed by atoms with Crippen LogP contribution in [0.5, 0.6) is 0 Å². The van der Waals surface area contributed by atoms with Gasteiger partial charge in [-0.05, 0) is 25.1 Å². The maximum Gasteiger partial charge on any atom is 0.132 e. The third-order valence-electron chi connectivity index (χ3n) is 2.54. The Morgan fingerprint density at radius 3 is 2.56 bits per heavy atom. The molecule has 0 aliphatic rings. The number of hydrogen-bond donors (Lipinski definition) is 1. The van der Waals surface area contributed by atoms with E-state index in [2.05, 4.69) is 0 Å². The van der Waals surface area contributed by atoms with Gasteiger partial charge < -0.3 is 9.52 Å². The second kappa shape index (κ2) is 3.72. The fraction of sp³-hybridized carbons (Fsp3) is 0.167. The molecule has 0 aliphatic heterocycles. The van der Waals surface area contributed by atoms with E-state index in [1.165, 1.54) is 31.6 Å². The zero-order chi connectivity index (χ0) is 11.8. The first-order valence-corrected chi connectivity index (χ1v) is 4.72. The lowest BCUT2D eigenvalue weighted by Crippen LogP contribution is -2.23. The lowest BCUT2D eigenvalue weighted by Gasteiger charge is -2.22. The second-order valence-corrected chi connectivity index (χ2v) is 3.71. The van der Waals surface area contributed by atoms with Crippen LogP contribution in [0.25, 0.3) is 0 Å². The standard InChI is InChI=1S/C12H10F2O2/c1-12(15,8-4-5-16-7-8)10-3-2-9(13)6-11(10)14/h2-7,15H,1H3. The fourth-order valence-electron chi connectivity index (χ4n) is 1.58. The number of hydrogen-bond acceptors (Lipinski definition) is 2. The summed E-state index contributed by atoms with van der Waals surface area (Å²) in [5, 5.41) is 10.2. The number of halogens is 2. The molecule has 0 spiro atoms. The van der Waals surface area contributed by atoms with Crippen molar-refractivity contribution in [3.05, 3.63) is 59.6 Å². The summed E-state index contributed by atoms with van der Waals surface area (Å²) < 4.78 is 31.1. The molecule has 1 heterocycles. The van der Waals surface area contributed by atoms with Crippen LogP contribution in [0.1, 0.15) is 18.1 Å². The third-order valence-corrected chi connectivity index (χ3v) is 2.54. The van der Waals surface area contributed by atoms with Crippen molar-refractivity contribution in [2.45, 2.75) is 12.5 Å². The topological polar surface area (TPSA) is 33.4 Å². The molecule has 0 saturated heterocycles. The van der Waals surface area contributed by atoms with E-state index in [4.69, 9.17) is 4.42 Å². The zero-order valence-electron chi connectivity index (χ0n) is 8.58. The van der Waals surface area contributed by atoms with Gasteiger partial charge in [0.05, 0.1) is 12.5 Å². The van der Waals surface area contributed by atoms with Crippen molar-refractivity contribution in [2.24, 2.45) is 0 Å². The molecule has 1 aromatic carbocycles. The average Bonchev–Trinajstić information content (AvgIpc) is 2.69. The zero-order valence-corrected chi connectivity index (χ0v) is 8.58. The summed E-state index contributed by atoms with van der Waals surface area (Å²) in [4.78, 5) is 0. The maximum absolute atomic E-state index is 13.5. The Hall–Kier alpha value is -1.68. The van der Waals surface area contributed by atoms with E-state index in [9.17, 15) is 13.9 Å². The first-order valence-electron chi connectivity index (χ1n) is 4.72. The average molecular weight is 224 g/mol. The first kappa shape index (κ1) is 10.8. The quantitative estimate of drug-likeness (QED) is 0.850. The van der Waals surface area contributed by atoms with Gasteiger partial charge in [0.1, 0.15) is 17.2 Å². The highest BCUT2D eigenvalue weighted by molar-refractivity contribution is 5.34. The molecule has 0 saturated carbocycles. The van der Waals surface area contributed by atoms with Gasteiger partial charge in [0.15, 0.2) is 0 Å². The number of aliphatic hydroxyl groups is 1. The molecule has 0 fully saturated rings. The fourth-order valence-corrected chi connectivity index (χ4v) is 1.58. The molecule has 0 bridgehead atoms. The molecule has 1 aromatic heterocycles. The molecule has 84 valence electrons. The Labute approximate surface area is 91.1 Å². The summed E-state index contributed by atoms with van der Waals surface area (Å²) in [5.41, 5.74) is -1.11. The molecular weight excluding hydrogens is 214 g/mol. The van der Waals surface area contributed by atoms with Gasteiger partial charge in [0, 0.05) is 17.2 Å². The predicted molar refractivity (Wildman–Crippen MR) is 53.7 cm³/mol. The largest absolute Gasteiger partial charge is 0.472 e. The monoisotopic (exact) mass is 224 g/mol. The van der Waals surface area contributed by atoms with Gasteiger partial charge in [0.25, 0.3) is 0 Å². The summed E-state index contributed by atoms with van der Waals surface area (Å²) >= 11 is 0. The van der Waals surface area contributed by atoms with Gasteiger partial charge >= 0.3 is 0 Å². The van der Waals surface area contributed by atoms with Crippen LogP contribution in [-0.4, -0.2) is 5.11 Å².